The van der Waals surface area contributed by atoms with Gasteiger partial charge in [-0.25, -0.2) is 15.9 Å². The van der Waals surface area contributed by atoms with Crippen molar-refractivity contribution < 1.29 is 4.84 Å². The third-order valence-electron chi connectivity index (χ3n) is 2.23. The summed E-state index contributed by atoms with van der Waals surface area (Å²) in [6.07, 6.45) is 4.97. The van der Waals surface area contributed by atoms with E-state index in [2.05, 4.69) is 30.7 Å². The van der Waals surface area contributed by atoms with Gasteiger partial charge in [0.1, 0.15) is 5.82 Å². The van der Waals surface area contributed by atoms with Gasteiger partial charge in [0.2, 0.25) is 0 Å². The molecule has 2 N–H and O–H groups in total. The molecule has 1 aliphatic carbocycles. The molecule has 0 atom stereocenters. The molecule has 2 rings (SSSR count). The van der Waals surface area contributed by atoms with E-state index in [0.717, 1.165) is 22.4 Å². The first kappa shape index (κ1) is 10.0. The van der Waals surface area contributed by atoms with Crippen LogP contribution in [-0.2, 0) is 11.3 Å². The standard InChI is InChI=1S/C9H12BrN3O/c10-7-5-12-9(6-1-2-6)13-8(7)3-4-14-11/h5-6H,1-4,11H2. The molecule has 0 amide bonds. The molecule has 5 heteroatoms. The Hall–Kier alpha value is -0.520. The lowest BCUT2D eigenvalue weighted by atomic mass is 10.3. The average Bonchev–Trinajstić information content (AvgIpc) is 3.00. The number of nitrogens with zero attached hydrogens (tertiary/aromatic N) is 2. The Balaban J connectivity index is 2.14. The van der Waals surface area contributed by atoms with E-state index in [1.807, 2.05) is 6.20 Å². The second kappa shape index (κ2) is 4.33. The largest absolute Gasteiger partial charge is 0.304 e. The van der Waals surface area contributed by atoms with Crippen molar-refractivity contribution in [1.29, 1.82) is 0 Å². The number of aromatic nitrogens is 2. The number of hydrogen-bond donors (Lipinski definition) is 1. The highest BCUT2D eigenvalue weighted by molar-refractivity contribution is 9.10. The van der Waals surface area contributed by atoms with Gasteiger partial charge in [-0.15, -0.1) is 0 Å². The maximum atomic E-state index is 4.98. The number of hydrogen-bond acceptors (Lipinski definition) is 4. The van der Waals surface area contributed by atoms with E-state index in [9.17, 15) is 0 Å². The van der Waals surface area contributed by atoms with Gasteiger partial charge in [-0.05, 0) is 28.8 Å². The van der Waals surface area contributed by atoms with Crippen LogP contribution in [0.5, 0.6) is 0 Å². The molecule has 4 nitrogen and oxygen atoms in total. The fraction of sp³-hybridized carbons (Fsp3) is 0.556. The Morgan fingerprint density at radius 2 is 2.36 bits per heavy atom. The van der Waals surface area contributed by atoms with E-state index >= 15 is 0 Å². The van der Waals surface area contributed by atoms with Crippen LogP contribution in [0.25, 0.3) is 0 Å². The molecule has 1 aromatic rings. The summed E-state index contributed by atoms with van der Waals surface area (Å²) in [6, 6.07) is 0. The SMILES string of the molecule is NOCCc1nc(C2CC2)ncc1Br. The zero-order valence-corrected chi connectivity index (χ0v) is 9.33. The Morgan fingerprint density at radius 1 is 1.57 bits per heavy atom. The normalized spacial score (nSPS) is 15.9. The molecular weight excluding hydrogens is 246 g/mol. The van der Waals surface area contributed by atoms with Crippen molar-refractivity contribution in [3.05, 3.63) is 22.2 Å². The van der Waals surface area contributed by atoms with Gasteiger partial charge < -0.3 is 4.84 Å². The minimum absolute atomic E-state index is 0.486. The van der Waals surface area contributed by atoms with Gasteiger partial charge >= 0.3 is 0 Å². The fourth-order valence-electron chi connectivity index (χ4n) is 1.29. The van der Waals surface area contributed by atoms with Crippen molar-refractivity contribution >= 4 is 15.9 Å². The highest BCUT2D eigenvalue weighted by Crippen LogP contribution is 2.38. The van der Waals surface area contributed by atoms with Crippen molar-refractivity contribution in [3.63, 3.8) is 0 Å². The molecule has 0 radical (unpaired) electrons. The third kappa shape index (κ3) is 2.29. The summed E-state index contributed by atoms with van der Waals surface area (Å²) in [5.41, 5.74) is 0.979. The molecule has 0 bridgehead atoms. The summed E-state index contributed by atoms with van der Waals surface area (Å²) in [4.78, 5) is 13.3. The van der Waals surface area contributed by atoms with Gasteiger partial charge in [0.25, 0.3) is 0 Å². The van der Waals surface area contributed by atoms with Crippen molar-refractivity contribution in [3.8, 4) is 0 Å². The predicted molar refractivity (Wildman–Crippen MR) is 55.6 cm³/mol. The van der Waals surface area contributed by atoms with Crippen LogP contribution < -0.4 is 5.90 Å². The maximum absolute atomic E-state index is 4.98. The van der Waals surface area contributed by atoms with Crippen molar-refractivity contribution in [2.75, 3.05) is 6.61 Å². The Labute approximate surface area is 91.0 Å². The average molecular weight is 258 g/mol. The molecule has 0 unspecified atom stereocenters. The fourth-order valence-corrected chi connectivity index (χ4v) is 1.68. The smallest absolute Gasteiger partial charge is 0.131 e. The van der Waals surface area contributed by atoms with Crippen LogP contribution in [0.2, 0.25) is 0 Å². The van der Waals surface area contributed by atoms with Gasteiger partial charge in [0, 0.05) is 18.5 Å². The van der Waals surface area contributed by atoms with Crippen LogP contribution in [0.3, 0.4) is 0 Å². The van der Waals surface area contributed by atoms with Gasteiger partial charge in [0.15, 0.2) is 0 Å². The van der Waals surface area contributed by atoms with Crippen molar-refractivity contribution in [1.82, 2.24) is 9.97 Å². The van der Waals surface area contributed by atoms with Crippen molar-refractivity contribution in [2.24, 2.45) is 5.90 Å². The summed E-state index contributed by atoms with van der Waals surface area (Å²) < 4.78 is 0.930. The molecule has 0 spiro atoms. The molecule has 1 saturated carbocycles. The summed E-state index contributed by atoms with van der Waals surface area (Å²) in [7, 11) is 0. The van der Waals surface area contributed by atoms with Crippen LogP contribution in [0, 0.1) is 0 Å². The number of halogens is 1. The van der Waals surface area contributed by atoms with Gasteiger partial charge in [-0.1, -0.05) is 0 Å². The highest BCUT2D eigenvalue weighted by atomic mass is 79.9. The van der Waals surface area contributed by atoms with E-state index in [0.29, 0.717) is 12.5 Å². The van der Waals surface area contributed by atoms with Crippen LogP contribution in [0.1, 0.15) is 30.3 Å². The summed E-state index contributed by atoms with van der Waals surface area (Å²) in [6.45, 7) is 0.486. The first-order chi connectivity index (χ1) is 6.81. The van der Waals surface area contributed by atoms with Crippen molar-refractivity contribution in [2.45, 2.75) is 25.2 Å². The summed E-state index contributed by atoms with van der Waals surface area (Å²) in [5.74, 6) is 6.52. The Bertz CT molecular complexity index is 328. The molecule has 1 aromatic heterocycles. The minimum atomic E-state index is 0.486. The van der Waals surface area contributed by atoms with E-state index in [-0.39, 0.29) is 0 Å². The van der Waals surface area contributed by atoms with Crippen LogP contribution >= 0.6 is 15.9 Å². The first-order valence-electron chi connectivity index (χ1n) is 4.64. The summed E-state index contributed by atoms with van der Waals surface area (Å²) >= 11 is 3.41. The molecule has 14 heavy (non-hydrogen) atoms. The molecule has 0 saturated heterocycles. The highest BCUT2D eigenvalue weighted by Gasteiger charge is 2.26. The third-order valence-corrected chi connectivity index (χ3v) is 2.90. The van der Waals surface area contributed by atoms with Crippen LogP contribution in [-0.4, -0.2) is 16.6 Å². The topological polar surface area (TPSA) is 61.0 Å². The molecular formula is C9H12BrN3O. The second-order valence-corrected chi connectivity index (χ2v) is 4.27. The minimum Gasteiger partial charge on any atom is -0.304 e. The molecule has 1 aliphatic rings. The quantitative estimate of drug-likeness (QED) is 0.832. The lowest BCUT2D eigenvalue weighted by molar-refractivity contribution is 0.140. The van der Waals surface area contributed by atoms with Gasteiger partial charge in [-0.2, -0.15) is 0 Å². The lowest BCUT2D eigenvalue weighted by Gasteiger charge is -2.04. The van der Waals surface area contributed by atoms with Crippen LogP contribution in [0.4, 0.5) is 0 Å². The maximum Gasteiger partial charge on any atom is 0.131 e. The molecule has 0 aliphatic heterocycles. The Morgan fingerprint density at radius 3 is 3.00 bits per heavy atom. The van der Waals surface area contributed by atoms with Gasteiger partial charge in [0.05, 0.1) is 16.8 Å². The first-order valence-corrected chi connectivity index (χ1v) is 5.43. The Kier molecular flexibility index (Phi) is 3.10. The van der Waals surface area contributed by atoms with E-state index in [4.69, 9.17) is 5.90 Å². The second-order valence-electron chi connectivity index (χ2n) is 3.42. The molecule has 0 aromatic carbocycles. The number of nitrogens with two attached hydrogens (primary N) is 1. The molecule has 1 fully saturated rings. The summed E-state index contributed by atoms with van der Waals surface area (Å²) in [5, 5.41) is 0. The zero-order chi connectivity index (χ0) is 9.97. The monoisotopic (exact) mass is 257 g/mol. The van der Waals surface area contributed by atoms with Crippen LogP contribution in [0.15, 0.2) is 10.7 Å². The predicted octanol–water partition coefficient (Wildman–Crippen LogP) is 1.55. The molecule has 76 valence electrons. The lowest BCUT2D eigenvalue weighted by Crippen LogP contribution is -2.07. The van der Waals surface area contributed by atoms with E-state index in [1.54, 1.807) is 0 Å². The zero-order valence-electron chi connectivity index (χ0n) is 7.74. The molecule has 1 heterocycles. The van der Waals surface area contributed by atoms with E-state index in [1.165, 1.54) is 12.8 Å². The van der Waals surface area contributed by atoms with E-state index < -0.39 is 0 Å². The van der Waals surface area contributed by atoms with Gasteiger partial charge in [-0.3, -0.25) is 0 Å². The number of rotatable bonds is 4.